The Balaban J connectivity index is 1.31. The number of amides is 1. The van der Waals surface area contributed by atoms with Gasteiger partial charge in [0, 0.05) is 37.6 Å². The van der Waals surface area contributed by atoms with Gasteiger partial charge in [-0.1, -0.05) is 45.0 Å². The lowest BCUT2D eigenvalue weighted by Gasteiger charge is -2.36. The second kappa shape index (κ2) is 10.8. The Morgan fingerprint density at radius 1 is 0.865 bits per heavy atom. The molecule has 37 heavy (non-hydrogen) atoms. The molecule has 1 saturated heterocycles. The summed E-state index contributed by atoms with van der Waals surface area (Å²) in [7, 11) is -2.05. The van der Waals surface area contributed by atoms with Gasteiger partial charge in [0.25, 0.3) is 10.0 Å². The van der Waals surface area contributed by atoms with E-state index in [1.807, 2.05) is 53.4 Å². The first-order valence-electron chi connectivity index (χ1n) is 12.4. The molecule has 0 unspecified atom stereocenters. The van der Waals surface area contributed by atoms with E-state index in [4.69, 9.17) is 4.74 Å². The number of benzene rings is 3. The van der Waals surface area contributed by atoms with Gasteiger partial charge in [-0.25, -0.2) is 8.42 Å². The first kappa shape index (κ1) is 26.5. The predicted octanol–water partition coefficient (Wildman–Crippen LogP) is 4.68. The van der Waals surface area contributed by atoms with Crippen LogP contribution < -0.4 is 14.4 Å². The van der Waals surface area contributed by atoms with Gasteiger partial charge in [0.15, 0.2) is 0 Å². The van der Waals surface area contributed by atoms with Gasteiger partial charge >= 0.3 is 0 Å². The fourth-order valence-corrected chi connectivity index (χ4v) is 5.39. The van der Waals surface area contributed by atoms with Crippen LogP contribution in [0.4, 0.5) is 11.4 Å². The van der Waals surface area contributed by atoms with Gasteiger partial charge in [0.05, 0.1) is 18.4 Å². The molecule has 4 rings (SSSR count). The molecule has 1 fully saturated rings. The Hall–Kier alpha value is -3.52. The minimum Gasteiger partial charge on any atom is -0.497 e. The summed E-state index contributed by atoms with van der Waals surface area (Å²) >= 11 is 0. The second-order valence-corrected chi connectivity index (χ2v) is 12.0. The molecule has 8 heteroatoms. The third kappa shape index (κ3) is 6.63. The number of sulfonamides is 1. The van der Waals surface area contributed by atoms with Crippen molar-refractivity contribution in [1.29, 1.82) is 0 Å². The van der Waals surface area contributed by atoms with Crippen molar-refractivity contribution in [1.82, 2.24) is 4.90 Å². The Kier molecular flexibility index (Phi) is 7.78. The van der Waals surface area contributed by atoms with Crippen molar-refractivity contribution in [3.05, 3.63) is 83.9 Å². The molecule has 3 aromatic carbocycles. The number of rotatable bonds is 7. The Bertz CT molecular complexity index is 1310. The Morgan fingerprint density at radius 2 is 1.46 bits per heavy atom. The van der Waals surface area contributed by atoms with Crippen LogP contribution in [0.2, 0.25) is 0 Å². The van der Waals surface area contributed by atoms with Gasteiger partial charge < -0.3 is 14.5 Å². The number of ether oxygens (including phenoxy) is 1. The average molecular weight is 522 g/mol. The van der Waals surface area contributed by atoms with Crippen molar-refractivity contribution in [3.8, 4) is 5.75 Å². The molecule has 1 aliphatic rings. The minimum absolute atomic E-state index is 0.0408. The maximum atomic E-state index is 12.8. The molecule has 1 heterocycles. The highest BCUT2D eigenvalue weighted by molar-refractivity contribution is 7.92. The number of carbonyl (C=O) groups excluding carboxylic acids is 1. The SMILES string of the molecule is COc1ccc(CC(=O)N2CCN(c3ccc(NS(=O)(=O)c4ccc(C(C)(C)C)cc4)cc3)CC2)cc1. The lowest BCUT2D eigenvalue weighted by atomic mass is 9.87. The van der Waals surface area contributed by atoms with Gasteiger partial charge in [-0.15, -0.1) is 0 Å². The molecule has 3 aromatic rings. The summed E-state index contributed by atoms with van der Waals surface area (Å²) < 4.78 is 33.5. The monoisotopic (exact) mass is 521 g/mol. The fraction of sp³-hybridized carbons (Fsp3) is 0.345. The first-order chi connectivity index (χ1) is 17.5. The lowest BCUT2D eigenvalue weighted by molar-refractivity contribution is -0.130. The summed E-state index contributed by atoms with van der Waals surface area (Å²) in [5.74, 6) is 0.892. The lowest BCUT2D eigenvalue weighted by Crippen LogP contribution is -2.49. The quantitative estimate of drug-likeness (QED) is 0.488. The van der Waals surface area contributed by atoms with Crippen molar-refractivity contribution < 1.29 is 17.9 Å². The molecular formula is C29H35N3O4S. The highest BCUT2D eigenvalue weighted by Crippen LogP contribution is 2.25. The normalized spacial score (nSPS) is 14.4. The molecule has 7 nitrogen and oxygen atoms in total. The van der Waals surface area contributed by atoms with Gasteiger partial charge in [-0.3, -0.25) is 9.52 Å². The van der Waals surface area contributed by atoms with Crippen molar-refractivity contribution in [2.75, 3.05) is 42.9 Å². The number of piperazine rings is 1. The highest BCUT2D eigenvalue weighted by atomic mass is 32.2. The Labute approximate surface area is 220 Å². The smallest absolute Gasteiger partial charge is 0.261 e. The van der Waals surface area contributed by atoms with Crippen LogP contribution in [0.15, 0.2) is 77.7 Å². The van der Waals surface area contributed by atoms with E-state index in [0.29, 0.717) is 25.2 Å². The van der Waals surface area contributed by atoms with E-state index in [-0.39, 0.29) is 16.2 Å². The molecule has 0 bridgehead atoms. The van der Waals surface area contributed by atoms with Gasteiger partial charge in [-0.05, 0) is 65.1 Å². The predicted molar refractivity (Wildman–Crippen MR) is 148 cm³/mol. The van der Waals surface area contributed by atoms with Crippen molar-refractivity contribution >= 4 is 27.3 Å². The van der Waals surface area contributed by atoms with Crippen LogP contribution in [-0.2, 0) is 26.7 Å². The van der Waals surface area contributed by atoms with Crippen LogP contribution in [0.25, 0.3) is 0 Å². The third-order valence-corrected chi connectivity index (χ3v) is 8.06. The van der Waals surface area contributed by atoms with Crippen LogP contribution in [0, 0.1) is 0 Å². The molecule has 0 aromatic heterocycles. The number of carbonyl (C=O) groups is 1. The summed E-state index contributed by atoms with van der Waals surface area (Å²) in [6, 6.07) is 22.0. The molecule has 1 aliphatic heterocycles. The topological polar surface area (TPSA) is 79.0 Å². The number of hydrogen-bond acceptors (Lipinski definition) is 5. The highest BCUT2D eigenvalue weighted by Gasteiger charge is 2.22. The van der Waals surface area contributed by atoms with E-state index in [9.17, 15) is 13.2 Å². The van der Waals surface area contributed by atoms with Gasteiger partial charge in [0.2, 0.25) is 5.91 Å². The maximum absolute atomic E-state index is 12.8. The zero-order valence-corrected chi connectivity index (χ0v) is 22.7. The zero-order valence-electron chi connectivity index (χ0n) is 21.9. The summed E-state index contributed by atoms with van der Waals surface area (Å²) in [6.45, 7) is 9.02. The summed E-state index contributed by atoms with van der Waals surface area (Å²) in [5, 5.41) is 0. The zero-order chi connectivity index (χ0) is 26.6. The molecule has 1 N–H and O–H groups in total. The standard InChI is InChI=1S/C29H35N3O4S/c1-29(2,3)23-7-15-27(16-8-23)37(34,35)30-24-9-11-25(12-10-24)31-17-19-32(20-18-31)28(33)21-22-5-13-26(36-4)14-6-22/h5-16,30H,17-21H2,1-4H3. The Morgan fingerprint density at radius 3 is 2.00 bits per heavy atom. The van der Waals surface area contributed by atoms with E-state index in [0.717, 1.165) is 35.7 Å². The van der Waals surface area contributed by atoms with Crippen LogP contribution in [-0.4, -0.2) is 52.5 Å². The van der Waals surface area contributed by atoms with Crippen molar-refractivity contribution in [2.24, 2.45) is 0 Å². The minimum atomic E-state index is -3.67. The van der Waals surface area contributed by atoms with Crippen molar-refractivity contribution in [2.45, 2.75) is 37.5 Å². The van der Waals surface area contributed by atoms with E-state index in [1.54, 1.807) is 31.4 Å². The first-order valence-corrected chi connectivity index (χ1v) is 13.9. The van der Waals surface area contributed by atoms with Crippen molar-refractivity contribution in [3.63, 3.8) is 0 Å². The molecule has 1 amide bonds. The van der Waals surface area contributed by atoms with E-state index >= 15 is 0 Å². The molecule has 196 valence electrons. The van der Waals surface area contributed by atoms with Gasteiger partial charge in [-0.2, -0.15) is 0 Å². The number of anilines is 2. The molecular weight excluding hydrogens is 486 g/mol. The maximum Gasteiger partial charge on any atom is 0.261 e. The molecule has 0 aliphatic carbocycles. The van der Waals surface area contributed by atoms with E-state index in [1.165, 1.54) is 0 Å². The summed E-state index contributed by atoms with van der Waals surface area (Å²) in [5.41, 5.74) is 3.52. The van der Waals surface area contributed by atoms with Crippen LogP contribution in [0.3, 0.4) is 0 Å². The van der Waals surface area contributed by atoms with Crippen LogP contribution >= 0.6 is 0 Å². The number of nitrogens with zero attached hydrogens (tertiary/aromatic N) is 2. The molecule has 0 spiro atoms. The molecule has 0 atom stereocenters. The second-order valence-electron chi connectivity index (χ2n) is 10.3. The van der Waals surface area contributed by atoms with Gasteiger partial charge in [0.1, 0.15) is 5.75 Å². The third-order valence-electron chi connectivity index (χ3n) is 6.66. The van der Waals surface area contributed by atoms with E-state index < -0.39 is 10.0 Å². The summed E-state index contributed by atoms with van der Waals surface area (Å²) in [6.07, 6.45) is 0.373. The summed E-state index contributed by atoms with van der Waals surface area (Å²) in [4.78, 5) is 17.1. The molecule has 0 saturated carbocycles. The van der Waals surface area contributed by atoms with Crippen LogP contribution in [0.1, 0.15) is 31.9 Å². The largest absolute Gasteiger partial charge is 0.497 e. The fourth-order valence-electron chi connectivity index (χ4n) is 4.33. The number of nitrogens with one attached hydrogen (secondary N) is 1. The number of hydrogen-bond donors (Lipinski definition) is 1. The molecule has 0 radical (unpaired) electrons. The van der Waals surface area contributed by atoms with Crippen LogP contribution in [0.5, 0.6) is 5.75 Å². The van der Waals surface area contributed by atoms with E-state index in [2.05, 4.69) is 30.4 Å². The number of methoxy groups -OCH3 is 1. The average Bonchev–Trinajstić information content (AvgIpc) is 2.89.